The number of carbonyl (C=O) groups excluding carboxylic acids is 2. The van der Waals surface area contributed by atoms with Crippen molar-refractivity contribution in [3.8, 4) is 0 Å². The quantitative estimate of drug-likeness (QED) is 0.680. The van der Waals surface area contributed by atoms with E-state index in [9.17, 15) is 19.7 Å². The molecule has 0 radical (unpaired) electrons. The number of piperidine rings is 1. The van der Waals surface area contributed by atoms with Crippen LogP contribution in [0.2, 0.25) is 0 Å². The maximum atomic E-state index is 12.3. The first kappa shape index (κ1) is 15.5. The van der Waals surface area contributed by atoms with E-state index in [1.54, 1.807) is 12.1 Å². The van der Waals surface area contributed by atoms with Crippen molar-refractivity contribution >= 4 is 23.2 Å². The molecule has 2 amide bonds. The number of nitro groups is 1. The van der Waals surface area contributed by atoms with E-state index in [4.69, 9.17) is 0 Å². The molecule has 1 aromatic carbocycles. The lowest BCUT2D eigenvalue weighted by molar-refractivity contribution is -0.384. The van der Waals surface area contributed by atoms with Crippen LogP contribution < -0.4 is 5.32 Å². The molecule has 1 N–H and O–H groups in total. The largest absolute Gasteiger partial charge is 0.342 e. The first-order valence-corrected chi connectivity index (χ1v) is 7.88. The van der Waals surface area contributed by atoms with Gasteiger partial charge in [-0.2, -0.15) is 0 Å². The van der Waals surface area contributed by atoms with Gasteiger partial charge in [0.05, 0.1) is 4.92 Å². The SMILES string of the molecule is O=C(Nc1cccc([N+](=O)[O-])c1)C1CCN(C(=O)C2CC2)CC1. The van der Waals surface area contributed by atoms with Crippen molar-refractivity contribution in [2.45, 2.75) is 25.7 Å². The second-order valence-corrected chi connectivity index (χ2v) is 6.17. The molecule has 1 heterocycles. The molecule has 7 nitrogen and oxygen atoms in total. The van der Waals surface area contributed by atoms with Crippen LogP contribution in [0.25, 0.3) is 0 Å². The lowest BCUT2D eigenvalue weighted by Crippen LogP contribution is -2.42. The zero-order chi connectivity index (χ0) is 16.4. The van der Waals surface area contributed by atoms with Gasteiger partial charge in [-0.25, -0.2) is 0 Å². The van der Waals surface area contributed by atoms with E-state index < -0.39 is 4.92 Å². The summed E-state index contributed by atoms with van der Waals surface area (Å²) in [4.78, 5) is 36.4. The molecule has 0 spiro atoms. The average molecular weight is 317 g/mol. The summed E-state index contributed by atoms with van der Waals surface area (Å²) < 4.78 is 0. The van der Waals surface area contributed by atoms with E-state index in [1.165, 1.54) is 12.1 Å². The highest BCUT2D eigenvalue weighted by Gasteiger charge is 2.35. The number of anilines is 1. The Bertz CT molecular complexity index is 634. The van der Waals surface area contributed by atoms with E-state index in [0.29, 0.717) is 31.6 Å². The summed E-state index contributed by atoms with van der Waals surface area (Å²) >= 11 is 0. The fraction of sp³-hybridized carbons (Fsp3) is 0.500. The Morgan fingerprint density at radius 1 is 1.13 bits per heavy atom. The van der Waals surface area contributed by atoms with Gasteiger partial charge >= 0.3 is 0 Å². The highest BCUT2D eigenvalue weighted by Crippen LogP contribution is 2.32. The van der Waals surface area contributed by atoms with E-state index >= 15 is 0 Å². The Labute approximate surface area is 133 Å². The standard InChI is InChI=1S/C16H19N3O4/c20-15(17-13-2-1-3-14(10-13)19(22)23)11-6-8-18(9-7-11)16(21)12-4-5-12/h1-3,10-12H,4-9H2,(H,17,20). The molecule has 1 saturated carbocycles. The van der Waals surface area contributed by atoms with E-state index in [2.05, 4.69) is 5.32 Å². The lowest BCUT2D eigenvalue weighted by atomic mass is 9.95. The summed E-state index contributed by atoms with van der Waals surface area (Å²) in [5.41, 5.74) is 0.383. The van der Waals surface area contributed by atoms with Gasteiger partial charge in [-0.3, -0.25) is 19.7 Å². The average Bonchev–Trinajstić information content (AvgIpc) is 3.39. The Morgan fingerprint density at radius 2 is 1.83 bits per heavy atom. The number of nitrogens with zero attached hydrogens (tertiary/aromatic N) is 2. The number of rotatable bonds is 4. The molecule has 2 fully saturated rings. The predicted octanol–water partition coefficient (Wildman–Crippen LogP) is 2.18. The van der Waals surface area contributed by atoms with Gasteiger partial charge in [-0.15, -0.1) is 0 Å². The number of nitrogens with one attached hydrogen (secondary N) is 1. The molecule has 1 aromatic rings. The minimum atomic E-state index is -0.488. The summed E-state index contributed by atoms with van der Waals surface area (Å²) in [5.74, 6) is 0.148. The monoisotopic (exact) mass is 317 g/mol. The number of amides is 2. The van der Waals surface area contributed by atoms with Crippen LogP contribution in [0, 0.1) is 22.0 Å². The zero-order valence-corrected chi connectivity index (χ0v) is 12.7. The van der Waals surface area contributed by atoms with Crippen LogP contribution in [0.5, 0.6) is 0 Å². The molecule has 122 valence electrons. The second kappa shape index (κ2) is 6.36. The van der Waals surface area contributed by atoms with Crippen LogP contribution in [0.1, 0.15) is 25.7 Å². The van der Waals surface area contributed by atoms with Crippen molar-refractivity contribution in [1.29, 1.82) is 0 Å². The number of likely N-dealkylation sites (tertiary alicyclic amines) is 1. The fourth-order valence-corrected chi connectivity index (χ4v) is 2.89. The van der Waals surface area contributed by atoms with Gasteiger partial charge in [0.1, 0.15) is 0 Å². The molecular weight excluding hydrogens is 298 g/mol. The first-order valence-electron chi connectivity index (χ1n) is 7.88. The molecule has 0 bridgehead atoms. The smallest absolute Gasteiger partial charge is 0.271 e. The number of non-ortho nitro benzene ring substituents is 1. The van der Waals surface area contributed by atoms with Crippen molar-refractivity contribution < 1.29 is 14.5 Å². The van der Waals surface area contributed by atoms with Crippen LogP contribution in [0.15, 0.2) is 24.3 Å². The first-order chi connectivity index (χ1) is 11.0. The van der Waals surface area contributed by atoms with Crippen LogP contribution in [0.4, 0.5) is 11.4 Å². The highest BCUT2D eigenvalue weighted by molar-refractivity contribution is 5.93. The maximum Gasteiger partial charge on any atom is 0.271 e. The third-order valence-corrected chi connectivity index (χ3v) is 4.43. The van der Waals surface area contributed by atoms with Crippen LogP contribution >= 0.6 is 0 Å². The van der Waals surface area contributed by atoms with Crippen molar-refractivity contribution in [3.05, 3.63) is 34.4 Å². The van der Waals surface area contributed by atoms with Gasteiger partial charge in [0, 0.05) is 42.7 Å². The van der Waals surface area contributed by atoms with Gasteiger partial charge in [-0.1, -0.05) is 6.07 Å². The van der Waals surface area contributed by atoms with Gasteiger partial charge in [0.25, 0.3) is 5.69 Å². The second-order valence-electron chi connectivity index (χ2n) is 6.17. The summed E-state index contributed by atoms with van der Waals surface area (Å²) in [6.07, 6.45) is 3.26. The highest BCUT2D eigenvalue weighted by atomic mass is 16.6. The molecule has 1 aliphatic heterocycles. The minimum absolute atomic E-state index is 0.0485. The maximum absolute atomic E-state index is 12.3. The van der Waals surface area contributed by atoms with Gasteiger partial charge in [-0.05, 0) is 31.7 Å². The normalized spacial score (nSPS) is 18.5. The van der Waals surface area contributed by atoms with Crippen molar-refractivity contribution in [2.75, 3.05) is 18.4 Å². The summed E-state index contributed by atoms with van der Waals surface area (Å²) in [6.45, 7) is 1.23. The van der Waals surface area contributed by atoms with Gasteiger partial charge in [0.2, 0.25) is 11.8 Å². The third kappa shape index (κ3) is 3.67. The Kier molecular flexibility index (Phi) is 4.27. The molecule has 1 aliphatic carbocycles. The Hall–Kier alpha value is -2.44. The molecule has 2 aliphatic rings. The number of nitro benzene ring substituents is 1. The van der Waals surface area contributed by atoms with E-state index in [1.807, 2.05) is 4.90 Å². The van der Waals surface area contributed by atoms with Crippen molar-refractivity contribution in [1.82, 2.24) is 4.90 Å². The van der Waals surface area contributed by atoms with Crippen LogP contribution in [-0.2, 0) is 9.59 Å². The molecular formula is C16H19N3O4. The minimum Gasteiger partial charge on any atom is -0.342 e. The summed E-state index contributed by atoms with van der Waals surface area (Å²) in [6, 6.07) is 5.92. The molecule has 7 heteroatoms. The van der Waals surface area contributed by atoms with Crippen LogP contribution in [-0.4, -0.2) is 34.7 Å². The molecule has 3 rings (SSSR count). The zero-order valence-electron chi connectivity index (χ0n) is 12.7. The van der Waals surface area contributed by atoms with Crippen LogP contribution in [0.3, 0.4) is 0 Å². The molecule has 0 unspecified atom stereocenters. The fourth-order valence-electron chi connectivity index (χ4n) is 2.89. The van der Waals surface area contributed by atoms with Gasteiger partial charge in [0.15, 0.2) is 0 Å². The number of hydrogen-bond acceptors (Lipinski definition) is 4. The summed E-state index contributed by atoms with van der Waals surface area (Å²) in [7, 11) is 0. The predicted molar refractivity (Wildman–Crippen MR) is 83.8 cm³/mol. The van der Waals surface area contributed by atoms with E-state index in [0.717, 1.165) is 12.8 Å². The topological polar surface area (TPSA) is 92.5 Å². The molecule has 1 saturated heterocycles. The molecule has 0 atom stereocenters. The Balaban J connectivity index is 1.54. The number of carbonyl (C=O) groups is 2. The Morgan fingerprint density at radius 3 is 2.43 bits per heavy atom. The number of benzene rings is 1. The lowest BCUT2D eigenvalue weighted by Gasteiger charge is -2.31. The number of hydrogen-bond donors (Lipinski definition) is 1. The third-order valence-electron chi connectivity index (χ3n) is 4.43. The van der Waals surface area contributed by atoms with E-state index in [-0.39, 0.29) is 29.3 Å². The van der Waals surface area contributed by atoms with Crippen molar-refractivity contribution in [2.24, 2.45) is 11.8 Å². The molecule has 23 heavy (non-hydrogen) atoms. The summed E-state index contributed by atoms with van der Waals surface area (Å²) in [5, 5.41) is 13.5. The van der Waals surface area contributed by atoms with Crippen molar-refractivity contribution in [3.63, 3.8) is 0 Å². The molecule has 0 aromatic heterocycles. The van der Waals surface area contributed by atoms with Gasteiger partial charge < -0.3 is 10.2 Å².